The Kier molecular flexibility index (Phi) is 3.41. The maximum atomic E-state index is 10.6. The first kappa shape index (κ1) is 8.87. The third-order valence-electron chi connectivity index (χ3n) is 1.41. The first-order chi connectivity index (χ1) is 5.79. The highest BCUT2D eigenvalue weighted by molar-refractivity contribution is 5.77. The number of nitrogens with one attached hydrogen (secondary N) is 1. The summed E-state index contributed by atoms with van der Waals surface area (Å²) >= 11 is 0. The lowest BCUT2D eigenvalue weighted by Gasteiger charge is -2.00. The van der Waals surface area contributed by atoms with Crippen molar-refractivity contribution in [2.75, 3.05) is 6.54 Å². The van der Waals surface area contributed by atoms with Crippen LogP contribution in [0.5, 0.6) is 0 Å². The van der Waals surface area contributed by atoms with Crippen LogP contribution in [0.15, 0.2) is 24.4 Å². The van der Waals surface area contributed by atoms with E-state index in [1.165, 1.54) is 0 Å². The molecule has 1 heterocycles. The zero-order valence-electron chi connectivity index (χ0n) is 7.08. The van der Waals surface area contributed by atoms with Crippen LogP contribution in [0, 0.1) is 0 Å². The van der Waals surface area contributed by atoms with Crippen LogP contribution in [0.25, 0.3) is 0 Å². The molecule has 3 heteroatoms. The summed E-state index contributed by atoms with van der Waals surface area (Å²) < 4.78 is 0. The summed E-state index contributed by atoms with van der Waals surface area (Å²) in [6, 6.07) is 5.72. The number of pyridine rings is 1. The lowest BCUT2D eigenvalue weighted by molar-refractivity contribution is -0.116. The zero-order chi connectivity index (χ0) is 8.81. The van der Waals surface area contributed by atoms with Crippen molar-refractivity contribution in [3.05, 3.63) is 30.1 Å². The number of Topliss-reactive ketones (excluding diaryl/α,β-unsaturated/α-hetero) is 1. The van der Waals surface area contributed by atoms with Crippen molar-refractivity contribution in [2.45, 2.75) is 13.5 Å². The molecule has 0 amide bonds. The minimum Gasteiger partial charge on any atom is -0.304 e. The molecule has 0 bridgehead atoms. The monoisotopic (exact) mass is 164 g/mol. The van der Waals surface area contributed by atoms with Crippen molar-refractivity contribution >= 4 is 5.78 Å². The fraction of sp³-hybridized carbons (Fsp3) is 0.333. The Labute approximate surface area is 71.8 Å². The Morgan fingerprint density at radius 3 is 3.00 bits per heavy atom. The topological polar surface area (TPSA) is 42.0 Å². The third-order valence-corrected chi connectivity index (χ3v) is 1.41. The molecule has 0 aliphatic carbocycles. The number of hydrogen-bond donors (Lipinski definition) is 1. The van der Waals surface area contributed by atoms with Crippen molar-refractivity contribution < 1.29 is 4.79 Å². The molecule has 0 radical (unpaired) electrons. The van der Waals surface area contributed by atoms with Gasteiger partial charge in [-0.3, -0.25) is 9.78 Å². The molecule has 1 rings (SSSR count). The average molecular weight is 164 g/mol. The molecule has 0 atom stereocenters. The van der Waals surface area contributed by atoms with E-state index < -0.39 is 0 Å². The summed E-state index contributed by atoms with van der Waals surface area (Å²) in [4.78, 5) is 14.7. The molecule has 0 aliphatic rings. The fourth-order valence-electron chi connectivity index (χ4n) is 0.869. The van der Waals surface area contributed by atoms with Gasteiger partial charge in [-0.25, -0.2) is 0 Å². The van der Waals surface area contributed by atoms with Crippen LogP contribution in [0.2, 0.25) is 0 Å². The Balaban J connectivity index is 2.29. The van der Waals surface area contributed by atoms with Gasteiger partial charge in [0.2, 0.25) is 0 Å². The van der Waals surface area contributed by atoms with Gasteiger partial charge in [-0.2, -0.15) is 0 Å². The maximum Gasteiger partial charge on any atom is 0.143 e. The highest BCUT2D eigenvalue weighted by Crippen LogP contribution is 1.90. The molecule has 0 saturated heterocycles. The van der Waals surface area contributed by atoms with Crippen molar-refractivity contribution in [2.24, 2.45) is 0 Å². The SMILES string of the molecule is CC(=O)CNCc1ccccn1. The first-order valence-corrected chi connectivity index (χ1v) is 3.89. The molecule has 0 aromatic carbocycles. The summed E-state index contributed by atoms with van der Waals surface area (Å²) in [6.07, 6.45) is 1.74. The smallest absolute Gasteiger partial charge is 0.143 e. The fourth-order valence-corrected chi connectivity index (χ4v) is 0.869. The molecule has 0 saturated carbocycles. The number of carbonyl (C=O) groups is 1. The van der Waals surface area contributed by atoms with E-state index >= 15 is 0 Å². The molecule has 1 aromatic rings. The molecule has 64 valence electrons. The van der Waals surface area contributed by atoms with Gasteiger partial charge in [0, 0.05) is 12.7 Å². The van der Waals surface area contributed by atoms with Crippen molar-refractivity contribution in [1.82, 2.24) is 10.3 Å². The second-order valence-corrected chi connectivity index (χ2v) is 2.63. The molecular weight excluding hydrogens is 152 g/mol. The van der Waals surface area contributed by atoms with Crippen LogP contribution in [0.1, 0.15) is 12.6 Å². The number of carbonyl (C=O) groups excluding carboxylic acids is 1. The lowest BCUT2D eigenvalue weighted by Crippen LogP contribution is -2.20. The quantitative estimate of drug-likeness (QED) is 0.714. The van der Waals surface area contributed by atoms with Gasteiger partial charge in [0.1, 0.15) is 5.78 Å². The predicted molar refractivity (Wildman–Crippen MR) is 46.6 cm³/mol. The normalized spacial score (nSPS) is 9.75. The van der Waals surface area contributed by atoms with Gasteiger partial charge in [-0.05, 0) is 19.1 Å². The second-order valence-electron chi connectivity index (χ2n) is 2.63. The molecule has 1 aromatic heterocycles. The summed E-state index contributed by atoms with van der Waals surface area (Å²) in [5.41, 5.74) is 0.957. The lowest BCUT2D eigenvalue weighted by atomic mass is 10.3. The van der Waals surface area contributed by atoms with E-state index in [4.69, 9.17) is 0 Å². The Morgan fingerprint density at radius 2 is 2.42 bits per heavy atom. The summed E-state index contributed by atoms with van der Waals surface area (Å²) in [7, 11) is 0. The number of hydrogen-bond acceptors (Lipinski definition) is 3. The Morgan fingerprint density at radius 1 is 1.58 bits per heavy atom. The van der Waals surface area contributed by atoms with Crippen LogP contribution >= 0.6 is 0 Å². The van der Waals surface area contributed by atoms with E-state index in [0.717, 1.165) is 5.69 Å². The maximum absolute atomic E-state index is 10.6. The highest BCUT2D eigenvalue weighted by atomic mass is 16.1. The minimum absolute atomic E-state index is 0.144. The first-order valence-electron chi connectivity index (χ1n) is 3.89. The molecule has 0 aliphatic heterocycles. The van der Waals surface area contributed by atoms with E-state index in [2.05, 4.69) is 10.3 Å². The van der Waals surface area contributed by atoms with E-state index in [-0.39, 0.29) is 5.78 Å². The van der Waals surface area contributed by atoms with Gasteiger partial charge in [-0.1, -0.05) is 6.07 Å². The molecule has 3 nitrogen and oxygen atoms in total. The molecule has 12 heavy (non-hydrogen) atoms. The van der Waals surface area contributed by atoms with Gasteiger partial charge < -0.3 is 5.32 Å². The molecule has 0 spiro atoms. The van der Waals surface area contributed by atoms with Crippen LogP contribution in [-0.4, -0.2) is 17.3 Å². The van der Waals surface area contributed by atoms with Gasteiger partial charge in [-0.15, -0.1) is 0 Å². The van der Waals surface area contributed by atoms with Crippen LogP contribution < -0.4 is 5.32 Å². The number of aromatic nitrogens is 1. The molecular formula is C9H12N2O. The Hall–Kier alpha value is -1.22. The van der Waals surface area contributed by atoms with Crippen molar-refractivity contribution in [3.8, 4) is 0 Å². The average Bonchev–Trinajstić information content (AvgIpc) is 2.05. The van der Waals surface area contributed by atoms with E-state index in [1.807, 2.05) is 18.2 Å². The van der Waals surface area contributed by atoms with Gasteiger partial charge in [0.15, 0.2) is 0 Å². The van der Waals surface area contributed by atoms with Gasteiger partial charge >= 0.3 is 0 Å². The molecule has 0 unspecified atom stereocenters. The number of ketones is 1. The van der Waals surface area contributed by atoms with E-state index in [9.17, 15) is 4.79 Å². The minimum atomic E-state index is 0.144. The predicted octanol–water partition coefficient (Wildman–Crippen LogP) is 0.760. The summed E-state index contributed by atoms with van der Waals surface area (Å²) in [5, 5.41) is 2.99. The van der Waals surface area contributed by atoms with Crippen molar-refractivity contribution in [1.29, 1.82) is 0 Å². The second kappa shape index (κ2) is 4.62. The standard InChI is InChI=1S/C9H12N2O/c1-8(12)6-10-7-9-4-2-3-5-11-9/h2-5,10H,6-7H2,1H3. The van der Waals surface area contributed by atoms with Gasteiger partial charge in [0.05, 0.1) is 12.2 Å². The Bertz CT molecular complexity index is 246. The zero-order valence-corrected chi connectivity index (χ0v) is 7.08. The summed E-state index contributed by atoms with van der Waals surface area (Å²) in [6.45, 7) is 2.63. The number of nitrogens with zero attached hydrogens (tertiary/aromatic N) is 1. The summed E-state index contributed by atoms with van der Waals surface area (Å²) in [5.74, 6) is 0.144. The van der Waals surface area contributed by atoms with Crippen molar-refractivity contribution in [3.63, 3.8) is 0 Å². The molecule has 1 N–H and O–H groups in total. The van der Waals surface area contributed by atoms with Crippen LogP contribution in [0.3, 0.4) is 0 Å². The third kappa shape index (κ3) is 3.25. The molecule has 0 fully saturated rings. The number of rotatable bonds is 4. The van der Waals surface area contributed by atoms with Crippen LogP contribution in [0.4, 0.5) is 0 Å². The largest absolute Gasteiger partial charge is 0.304 e. The van der Waals surface area contributed by atoms with E-state index in [0.29, 0.717) is 13.1 Å². The highest BCUT2D eigenvalue weighted by Gasteiger charge is 1.93. The van der Waals surface area contributed by atoms with E-state index in [1.54, 1.807) is 13.1 Å². The van der Waals surface area contributed by atoms with Gasteiger partial charge in [0.25, 0.3) is 0 Å². The van der Waals surface area contributed by atoms with Crippen LogP contribution in [-0.2, 0) is 11.3 Å².